The number of hydrogen-bond acceptors (Lipinski definition) is 7. The molecule has 4 heterocycles. The molecule has 0 aliphatic heterocycles. The van der Waals surface area contributed by atoms with Crippen molar-refractivity contribution in [3.63, 3.8) is 0 Å². The Morgan fingerprint density at radius 1 is 1.08 bits per heavy atom. The van der Waals surface area contributed by atoms with E-state index in [9.17, 15) is 8.42 Å². The summed E-state index contributed by atoms with van der Waals surface area (Å²) in [7, 11) is -3.43. The van der Waals surface area contributed by atoms with E-state index in [-0.39, 0.29) is 16.7 Å². The van der Waals surface area contributed by atoms with Gasteiger partial charge >= 0.3 is 0 Å². The molecule has 8 nitrogen and oxygen atoms in total. The van der Waals surface area contributed by atoms with Gasteiger partial charge in [-0.3, -0.25) is 4.98 Å². The number of hydrogen-bond donors (Lipinski definition) is 1. The lowest BCUT2D eigenvalue weighted by Crippen LogP contribution is -1.99. The molecule has 0 aromatic carbocycles. The summed E-state index contributed by atoms with van der Waals surface area (Å²) in [5, 5.41) is 4.16. The Bertz CT molecular complexity index is 1180. The number of pyridine rings is 2. The van der Waals surface area contributed by atoms with Crippen molar-refractivity contribution in [3.8, 4) is 22.7 Å². The van der Waals surface area contributed by atoms with Crippen LogP contribution in [0.4, 0.5) is 5.82 Å². The highest BCUT2D eigenvalue weighted by atomic mass is 32.2. The fraction of sp³-hybridized carbons (Fsp3) is 0.0625. The summed E-state index contributed by atoms with van der Waals surface area (Å²) in [5.41, 5.74) is 8.43. The van der Waals surface area contributed by atoms with Gasteiger partial charge in [-0.25, -0.2) is 13.4 Å². The van der Waals surface area contributed by atoms with Crippen LogP contribution in [0.5, 0.6) is 0 Å². The number of furan rings is 1. The minimum absolute atomic E-state index is 0.133. The van der Waals surface area contributed by atoms with Gasteiger partial charge in [0.05, 0.1) is 0 Å². The fourth-order valence-electron chi connectivity index (χ4n) is 2.46. The van der Waals surface area contributed by atoms with Crippen molar-refractivity contribution < 1.29 is 12.8 Å². The van der Waals surface area contributed by atoms with Crippen molar-refractivity contribution >= 4 is 21.3 Å². The Hall–Kier alpha value is -3.20. The van der Waals surface area contributed by atoms with Crippen LogP contribution in [0.15, 0.2) is 58.3 Å². The van der Waals surface area contributed by atoms with Crippen LogP contribution in [0.1, 0.15) is 0 Å². The topological polar surface area (TPSA) is 116 Å². The minimum atomic E-state index is -3.43. The van der Waals surface area contributed by atoms with Gasteiger partial charge in [0.2, 0.25) is 20.8 Å². The summed E-state index contributed by atoms with van der Waals surface area (Å²) in [6, 6.07) is 10.3. The third-order valence-electron chi connectivity index (χ3n) is 3.65. The summed E-state index contributed by atoms with van der Waals surface area (Å²) >= 11 is 0. The molecule has 0 aliphatic carbocycles. The van der Waals surface area contributed by atoms with Crippen molar-refractivity contribution in [2.45, 2.75) is 5.09 Å². The van der Waals surface area contributed by atoms with Crippen molar-refractivity contribution in [1.82, 2.24) is 19.6 Å². The Labute approximate surface area is 142 Å². The molecule has 0 bridgehead atoms. The lowest BCUT2D eigenvalue weighted by Gasteiger charge is -2.03. The maximum atomic E-state index is 11.5. The van der Waals surface area contributed by atoms with Crippen molar-refractivity contribution in [2.75, 3.05) is 12.0 Å². The predicted molar refractivity (Wildman–Crippen MR) is 91.4 cm³/mol. The Balaban J connectivity index is 1.83. The third-order valence-corrected chi connectivity index (χ3v) is 4.60. The highest BCUT2D eigenvalue weighted by Gasteiger charge is 2.17. The van der Waals surface area contributed by atoms with Crippen molar-refractivity contribution in [1.29, 1.82) is 0 Å². The van der Waals surface area contributed by atoms with Crippen LogP contribution in [0.25, 0.3) is 28.4 Å². The molecule has 2 N–H and O–H groups in total. The Morgan fingerprint density at radius 3 is 2.52 bits per heavy atom. The number of nitrogens with zero attached hydrogens (tertiary/aromatic N) is 4. The molecule has 9 heteroatoms. The normalized spacial score (nSPS) is 11.9. The molecule has 0 amide bonds. The van der Waals surface area contributed by atoms with Crippen LogP contribution in [0, 0.1) is 0 Å². The van der Waals surface area contributed by atoms with E-state index >= 15 is 0 Å². The number of fused-ring (bicyclic) bond motifs is 1. The number of sulfone groups is 1. The quantitative estimate of drug-likeness (QED) is 0.597. The second kappa shape index (κ2) is 5.42. The van der Waals surface area contributed by atoms with Crippen LogP contribution in [-0.2, 0) is 9.84 Å². The van der Waals surface area contributed by atoms with Gasteiger partial charge < -0.3 is 10.2 Å². The minimum Gasteiger partial charge on any atom is -0.441 e. The molecule has 0 aliphatic rings. The summed E-state index contributed by atoms with van der Waals surface area (Å²) in [6.07, 6.45) is 4.47. The van der Waals surface area contributed by atoms with E-state index in [1.165, 1.54) is 16.6 Å². The van der Waals surface area contributed by atoms with Gasteiger partial charge in [0.15, 0.2) is 11.4 Å². The van der Waals surface area contributed by atoms with Gasteiger partial charge in [0.1, 0.15) is 5.82 Å². The van der Waals surface area contributed by atoms with Crippen LogP contribution >= 0.6 is 0 Å². The number of rotatable bonds is 3. The van der Waals surface area contributed by atoms with Crippen LogP contribution in [-0.4, -0.2) is 34.3 Å². The lowest BCUT2D eigenvalue weighted by atomic mass is 10.1. The van der Waals surface area contributed by atoms with Gasteiger partial charge in [-0.05, 0) is 47.5 Å². The molecule has 4 aromatic heterocycles. The van der Waals surface area contributed by atoms with Gasteiger partial charge in [-0.15, -0.1) is 5.10 Å². The molecule has 25 heavy (non-hydrogen) atoms. The molecule has 0 atom stereocenters. The maximum Gasteiger partial charge on any atom is 0.218 e. The Morgan fingerprint density at radius 2 is 1.84 bits per heavy atom. The van der Waals surface area contributed by atoms with E-state index < -0.39 is 9.84 Å². The van der Waals surface area contributed by atoms with Gasteiger partial charge in [0, 0.05) is 18.6 Å². The molecule has 0 radical (unpaired) electrons. The molecule has 0 fully saturated rings. The van der Waals surface area contributed by atoms with Crippen LogP contribution < -0.4 is 5.73 Å². The van der Waals surface area contributed by atoms with E-state index in [0.717, 1.165) is 17.4 Å². The lowest BCUT2D eigenvalue weighted by molar-refractivity contribution is 0.460. The van der Waals surface area contributed by atoms with Gasteiger partial charge in [-0.2, -0.15) is 4.52 Å². The number of aromatic nitrogens is 4. The molecule has 4 aromatic rings. The first-order valence-corrected chi connectivity index (χ1v) is 9.18. The van der Waals surface area contributed by atoms with E-state index in [1.54, 1.807) is 18.5 Å². The van der Waals surface area contributed by atoms with E-state index in [1.807, 2.05) is 18.2 Å². The summed E-state index contributed by atoms with van der Waals surface area (Å²) in [6.45, 7) is 0. The monoisotopic (exact) mass is 355 g/mol. The zero-order valence-corrected chi connectivity index (χ0v) is 13.9. The first-order valence-electron chi connectivity index (χ1n) is 7.29. The van der Waals surface area contributed by atoms with Crippen molar-refractivity contribution in [2.24, 2.45) is 0 Å². The van der Waals surface area contributed by atoms with Crippen LogP contribution in [0.2, 0.25) is 0 Å². The third kappa shape index (κ3) is 2.74. The zero-order chi connectivity index (χ0) is 17.6. The van der Waals surface area contributed by atoms with Gasteiger partial charge in [0.25, 0.3) is 0 Å². The highest BCUT2D eigenvalue weighted by molar-refractivity contribution is 7.90. The SMILES string of the molecule is CS(=O)(=O)c1ccc(-c2nc3cc(-c4ccncc4)cc(N)n3n2)o1. The second-order valence-corrected chi connectivity index (χ2v) is 7.45. The summed E-state index contributed by atoms with van der Waals surface area (Å²) in [4.78, 5) is 8.39. The van der Waals surface area contributed by atoms with Crippen molar-refractivity contribution in [3.05, 3.63) is 48.8 Å². The first kappa shape index (κ1) is 15.3. The second-order valence-electron chi connectivity index (χ2n) is 5.50. The molecular weight excluding hydrogens is 342 g/mol. The highest BCUT2D eigenvalue weighted by Crippen LogP contribution is 2.26. The first-order chi connectivity index (χ1) is 11.9. The van der Waals surface area contributed by atoms with E-state index in [4.69, 9.17) is 10.2 Å². The average Bonchev–Trinajstić information content (AvgIpc) is 3.22. The van der Waals surface area contributed by atoms with E-state index in [0.29, 0.717) is 11.5 Å². The van der Waals surface area contributed by atoms with E-state index in [2.05, 4.69) is 15.1 Å². The molecule has 0 saturated heterocycles. The largest absolute Gasteiger partial charge is 0.441 e. The molecular formula is C16H13N5O3S. The number of nitrogen functional groups attached to an aromatic ring is 1. The molecule has 126 valence electrons. The summed E-state index contributed by atoms with van der Waals surface area (Å²) < 4.78 is 29.9. The molecule has 4 rings (SSSR count). The Kier molecular flexibility index (Phi) is 3.32. The van der Waals surface area contributed by atoms with Crippen LogP contribution in [0.3, 0.4) is 0 Å². The number of anilines is 1. The fourth-order valence-corrected chi connectivity index (χ4v) is 3.02. The molecule has 0 saturated carbocycles. The average molecular weight is 355 g/mol. The van der Waals surface area contributed by atoms with Gasteiger partial charge in [-0.1, -0.05) is 0 Å². The predicted octanol–water partition coefficient (Wildman–Crippen LogP) is 2.04. The number of nitrogens with two attached hydrogens (primary N) is 1. The summed E-state index contributed by atoms with van der Waals surface area (Å²) in [5.74, 6) is 0.917. The molecule has 0 spiro atoms. The standard InChI is InChI=1S/C16H13N5O3S/c1-25(22,23)15-3-2-12(24-15)16-19-14-9-11(8-13(17)21(14)20-16)10-4-6-18-7-5-10/h2-9H,17H2,1H3. The molecule has 0 unspecified atom stereocenters. The maximum absolute atomic E-state index is 11.5. The zero-order valence-electron chi connectivity index (χ0n) is 13.1. The smallest absolute Gasteiger partial charge is 0.218 e.